The maximum Gasteiger partial charge on any atom is 0.234 e. The van der Waals surface area contributed by atoms with Gasteiger partial charge in [0, 0.05) is 17.1 Å². The van der Waals surface area contributed by atoms with Crippen LogP contribution in [0.2, 0.25) is 5.02 Å². The summed E-state index contributed by atoms with van der Waals surface area (Å²) in [6.07, 6.45) is 1.85. The lowest BCUT2D eigenvalue weighted by atomic mass is 9.98. The van der Waals surface area contributed by atoms with E-state index in [2.05, 4.69) is 20.4 Å². The van der Waals surface area contributed by atoms with E-state index in [1.165, 1.54) is 12.1 Å². The molecule has 7 nitrogen and oxygen atoms in total. The second-order valence-electron chi connectivity index (χ2n) is 7.69. The Kier molecular flexibility index (Phi) is 7.34. The van der Waals surface area contributed by atoms with Crippen molar-refractivity contribution in [1.29, 1.82) is 0 Å². The van der Waals surface area contributed by atoms with E-state index >= 15 is 0 Å². The highest BCUT2D eigenvalue weighted by molar-refractivity contribution is 6.30. The largest absolute Gasteiger partial charge is 0.492 e. The number of ether oxygens (including phenoxy) is 1. The van der Waals surface area contributed by atoms with Crippen molar-refractivity contribution in [2.45, 2.75) is 18.8 Å². The Hall–Kier alpha value is -2.97. The molecule has 1 fully saturated rings. The molecule has 168 valence electrons. The SMILES string of the molecule is O=C(CN1CCCC(c2nc(-c3ccc(F)cc3)no2)C1)NCCOc1ccc(Cl)cc1. The van der Waals surface area contributed by atoms with E-state index in [0.29, 0.717) is 54.3 Å². The number of likely N-dealkylation sites (tertiary alicyclic amines) is 1. The fraction of sp³-hybridized carbons (Fsp3) is 0.348. The minimum atomic E-state index is -0.310. The fourth-order valence-corrected chi connectivity index (χ4v) is 3.79. The normalized spacial score (nSPS) is 16.6. The predicted octanol–water partition coefficient (Wildman–Crippen LogP) is 3.90. The average Bonchev–Trinajstić information content (AvgIpc) is 3.29. The Morgan fingerprint density at radius 1 is 1.22 bits per heavy atom. The second kappa shape index (κ2) is 10.6. The van der Waals surface area contributed by atoms with Crippen LogP contribution in [0.3, 0.4) is 0 Å². The number of rotatable bonds is 8. The molecule has 1 aliphatic heterocycles. The van der Waals surface area contributed by atoms with E-state index in [4.69, 9.17) is 20.9 Å². The van der Waals surface area contributed by atoms with Gasteiger partial charge in [0.15, 0.2) is 0 Å². The molecule has 4 rings (SSSR count). The molecule has 1 unspecified atom stereocenters. The number of hydrogen-bond acceptors (Lipinski definition) is 6. The first-order chi connectivity index (χ1) is 15.6. The molecule has 1 aromatic heterocycles. The summed E-state index contributed by atoms with van der Waals surface area (Å²) >= 11 is 5.85. The molecule has 1 N–H and O–H groups in total. The maximum absolute atomic E-state index is 13.1. The monoisotopic (exact) mass is 458 g/mol. The van der Waals surface area contributed by atoms with Gasteiger partial charge in [0.2, 0.25) is 17.6 Å². The summed E-state index contributed by atoms with van der Waals surface area (Å²) < 4.78 is 24.2. The number of amides is 1. The van der Waals surface area contributed by atoms with Gasteiger partial charge < -0.3 is 14.6 Å². The van der Waals surface area contributed by atoms with Gasteiger partial charge in [0.05, 0.1) is 19.0 Å². The molecule has 2 heterocycles. The summed E-state index contributed by atoms with van der Waals surface area (Å²) in [6.45, 7) is 2.61. The zero-order valence-electron chi connectivity index (χ0n) is 17.5. The first-order valence-electron chi connectivity index (χ1n) is 10.5. The molecule has 0 spiro atoms. The summed E-state index contributed by atoms with van der Waals surface area (Å²) in [5.41, 5.74) is 0.703. The fourth-order valence-electron chi connectivity index (χ4n) is 3.67. The van der Waals surface area contributed by atoms with Crippen molar-refractivity contribution in [3.8, 4) is 17.1 Å². The molecule has 0 saturated carbocycles. The standard InChI is InChI=1S/C23H24ClFN4O3/c24-18-5-9-20(10-6-18)31-13-11-26-21(30)15-29-12-1-2-17(14-29)23-27-22(28-32-23)16-3-7-19(25)8-4-16/h3-10,17H,1-2,11-15H2,(H,26,30). The molecule has 0 radical (unpaired) electrons. The molecule has 2 aromatic carbocycles. The highest BCUT2D eigenvalue weighted by atomic mass is 35.5. The quantitative estimate of drug-likeness (QED) is 0.515. The Balaban J connectivity index is 1.23. The molecular weight excluding hydrogens is 435 g/mol. The van der Waals surface area contributed by atoms with Gasteiger partial charge in [0.25, 0.3) is 0 Å². The van der Waals surface area contributed by atoms with Gasteiger partial charge >= 0.3 is 0 Å². The third kappa shape index (κ3) is 6.05. The highest BCUT2D eigenvalue weighted by Gasteiger charge is 2.27. The van der Waals surface area contributed by atoms with Gasteiger partial charge in [-0.25, -0.2) is 4.39 Å². The summed E-state index contributed by atoms with van der Waals surface area (Å²) in [5, 5.41) is 7.56. The zero-order valence-corrected chi connectivity index (χ0v) is 18.2. The first-order valence-corrected chi connectivity index (χ1v) is 10.9. The number of aromatic nitrogens is 2. The van der Waals surface area contributed by atoms with Crippen LogP contribution in [0, 0.1) is 5.82 Å². The lowest BCUT2D eigenvalue weighted by Gasteiger charge is -2.30. The van der Waals surface area contributed by atoms with Crippen molar-refractivity contribution in [3.63, 3.8) is 0 Å². The van der Waals surface area contributed by atoms with Crippen molar-refractivity contribution in [2.24, 2.45) is 0 Å². The topological polar surface area (TPSA) is 80.5 Å². The van der Waals surface area contributed by atoms with Crippen LogP contribution in [-0.4, -0.2) is 53.7 Å². The molecular formula is C23H24ClFN4O3. The number of hydrogen-bond donors (Lipinski definition) is 1. The van der Waals surface area contributed by atoms with Crippen molar-refractivity contribution in [2.75, 3.05) is 32.8 Å². The van der Waals surface area contributed by atoms with Crippen LogP contribution in [0.4, 0.5) is 4.39 Å². The molecule has 1 atom stereocenters. The Morgan fingerprint density at radius 2 is 2.00 bits per heavy atom. The van der Waals surface area contributed by atoms with Crippen LogP contribution in [0.5, 0.6) is 5.75 Å². The molecule has 1 aliphatic rings. The maximum atomic E-state index is 13.1. The van der Waals surface area contributed by atoms with Crippen molar-refractivity contribution in [1.82, 2.24) is 20.4 Å². The van der Waals surface area contributed by atoms with Crippen molar-refractivity contribution in [3.05, 3.63) is 65.3 Å². The van der Waals surface area contributed by atoms with Crippen LogP contribution in [0.25, 0.3) is 11.4 Å². The second-order valence-corrected chi connectivity index (χ2v) is 8.13. The third-order valence-corrected chi connectivity index (χ3v) is 5.52. The van der Waals surface area contributed by atoms with E-state index in [0.717, 1.165) is 19.4 Å². The summed E-state index contributed by atoms with van der Waals surface area (Å²) in [7, 11) is 0. The van der Waals surface area contributed by atoms with E-state index in [1.54, 1.807) is 36.4 Å². The molecule has 0 bridgehead atoms. The van der Waals surface area contributed by atoms with E-state index in [9.17, 15) is 9.18 Å². The molecule has 1 amide bonds. The lowest BCUT2D eigenvalue weighted by Crippen LogP contribution is -2.42. The van der Waals surface area contributed by atoms with E-state index in [1.807, 2.05) is 0 Å². The van der Waals surface area contributed by atoms with Crippen LogP contribution >= 0.6 is 11.6 Å². The number of nitrogens with zero attached hydrogens (tertiary/aromatic N) is 3. The Bertz CT molecular complexity index is 1030. The number of piperidine rings is 1. The molecule has 3 aromatic rings. The van der Waals surface area contributed by atoms with Gasteiger partial charge in [0.1, 0.15) is 18.2 Å². The van der Waals surface area contributed by atoms with Gasteiger partial charge in [-0.2, -0.15) is 4.98 Å². The molecule has 32 heavy (non-hydrogen) atoms. The minimum absolute atomic E-state index is 0.0529. The number of halogens is 2. The lowest BCUT2D eigenvalue weighted by molar-refractivity contribution is -0.122. The number of benzene rings is 2. The highest BCUT2D eigenvalue weighted by Crippen LogP contribution is 2.27. The van der Waals surface area contributed by atoms with Crippen LogP contribution in [0.1, 0.15) is 24.7 Å². The van der Waals surface area contributed by atoms with Gasteiger partial charge in [-0.15, -0.1) is 0 Å². The van der Waals surface area contributed by atoms with E-state index in [-0.39, 0.29) is 17.6 Å². The number of nitrogens with one attached hydrogen (secondary N) is 1. The molecule has 0 aliphatic carbocycles. The van der Waals surface area contributed by atoms with Gasteiger partial charge in [-0.1, -0.05) is 16.8 Å². The average molecular weight is 459 g/mol. The molecule has 9 heteroatoms. The van der Waals surface area contributed by atoms with Gasteiger partial charge in [-0.3, -0.25) is 9.69 Å². The van der Waals surface area contributed by atoms with E-state index < -0.39 is 0 Å². The summed E-state index contributed by atoms with van der Waals surface area (Å²) in [6, 6.07) is 13.1. The zero-order chi connectivity index (χ0) is 22.3. The summed E-state index contributed by atoms with van der Waals surface area (Å²) in [5.74, 6) is 1.40. The summed E-state index contributed by atoms with van der Waals surface area (Å²) in [4.78, 5) is 18.9. The Morgan fingerprint density at radius 3 is 2.78 bits per heavy atom. The van der Waals surface area contributed by atoms with Crippen LogP contribution in [0.15, 0.2) is 53.1 Å². The first kappa shape index (κ1) is 22.2. The number of carbonyl (C=O) groups excluding carboxylic acids is 1. The Labute approximate surface area is 190 Å². The molecule has 1 saturated heterocycles. The smallest absolute Gasteiger partial charge is 0.234 e. The van der Waals surface area contributed by atoms with Crippen LogP contribution < -0.4 is 10.1 Å². The minimum Gasteiger partial charge on any atom is -0.492 e. The number of carbonyl (C=O) groups is 1. The van der Waals surface area contributed by atoms with Gasteiger partial charge in [-0.05, 0) is 67.9 Å². The van der Waals surface area contributed by atoms with Crippen molar-refractivity contribution < 1.29 is 18.4 Å². The van der Waals surface area contributed by atoms with Crippen LogP contribution in [-0.2, 0) is 4.79 Å². The predicted molar refractivity (Wildman–Crippen MR) is 118 cm³/mol. The van der Waals surface area contributed by atoms with Crippen molar-refractivity contribution >= 4 is 17.5 Å². The third-order valence-electron chi connectivity index (χ3n) is 5.27.